The van der Waals surface area contributed by atoms with E-state index in [-0.39, 0.29) is 0 Å². The first kappa shape index (κ1) is 9.12. The molecule has 0 aliphatic heterocycles. The maximum atomic E-state index is 4.53. The van der Waals surface area contributed by atoms with Crippen LogP contribution in [0.5, 0.6) is 0 Å². The summed E-state index contributed by atoms with van der Waals surface area (Å²) in [5.74, 6) is 0.937. The molecule has 15 heavy (non-hydrogen) atoms. The van der Waals surface area contributed by atoms with Crippen LogP contribution in [-0.4, -0.2) is 9.97 Å². The Morgan fingerprint density at radius 1 is 1.27 bits per heavy atom. The SMILES string of the molecule is Brc1csc(-c2nc3ccccc3[nH]2)c1. The van der Waals surface area contributed by atoms with E-state index in [9.17, 15) is 0 Å². The van der Waals surface area contributed by atoms with Crippen molar-refractivity contribution in [1.82, 2.24) is 9.97 Å². The number of fused-ring (bicyclic) bond motifs is 1. The van der Waals surface area contributed by atoms with Crippen LogP contribution in [-0.2, 0) is 0 Å². The lowest BCUT2D eigenvalue weighted by Gasteiger charge is -1.86. The molecule has 0 fully saturated rings. The first-order valence-electron chi connectivity index (χ1n) is 4.52. The molecule has 0 atom stereocenters. The smallest absolute Gasteiger partial charge is 0.148 e. The number of nitrogens with zero attached hydrogens (tertiary/aromatic N) is 1. The third-order valence-electron chi connectivity index (χ3n) is 2.19. The molecule has 0 spiro atoms. The minimum absolute atomic E-state index is 0.937. The largest absolute Gasteiger partial charge is 0.337 e. The van der Waals surface area contributed by atoms with Crippen molar-refractivity contribution >= 4 is 38.3 Å². The number of nitrogens with one attached hydrogen (secondary N) is 1. The van der Waals surface area contributed by atoms with Crippen LogP contribution in [0, 0.1) is 0 Å². The molecule has 0 unspecified atom stereocenters. The first-order chi connectivity index (χ1) is 7.33. The van der Waals surface area contributed by atoms with Crippen LogP contribution >= 0.6 is 27.3 Å². The molecule has 0 aliphatic carbocycles. The third kappa shape index (κ3) is 1.60. The van der Waals surface area contributed by atoms with E-state index in [1.165, 1.54) is 0 Å². The maximum absolute atomic E-state index is 4.53. The second kappa shape index (κ2) is 3.47. The van der Waals surface area contributed by atoms with E-state index in [0.717, 1.165) is 26.2 Å². The number of aromatic nitrogens is 2. The molecular weight excluding hydrogens is 272 g/mol. The molecule has 2 nitrogen and oxygen atoms in total. The zero-order chi connectivity index (χ0) is 10.3. The Balaban J connectivity index is 2.19. The zero-order valence-electron chi connectivity index (χ0n) is 7.70. The quantitative estimate of drug-likeness (QED) is 0.715. The first-order valence-corrected chi connectivity index (χ1v) is 6.19. The van der Waals surface area contributed by atoms with Gasteiger partial charge < -0.3 is 4.98 Å². The number of H-pyrrole nitrogens is 1. The van der Waals surface area contributed by atoms with Gasteiger partial charge in [0.2, 0.25) is 0 Å². The van der Waals surface area contributed by atoms with Crippen molar-refractivity contribution in [3.05, 3.63) is 40.2 Å². The van der Waals surface area contributed by atoms with E-state index in [1.807, 2.05) is 24.3 Å². The molecule has 0 saturated carbocycles. The number of aromatic amines is 1. The summed E-state index contributed by atoms with van der Waals surface area (Å²) in [5, 5.41) is 2.06. The van der Waals surface area contributed by atoms with Crippen LogP contribution in [0.3, 0.4) is 0 Å². The molecule has 0 saturated heterocycles. The Morgan fingerprint density at radius 2 is 2.13 bits per heavy atom. The van der Waals surface area contributed by atoms with Gasteiger partial charge in [0.15, 0.2) is 0 Å². The van der Waals surface area contributed by atoms with E-state index >= 15 is 0 Å². The fourth-order valence-corrected chi connectivity index (χ4v) is 2.88. The van der Waals surface area contributed by atoms with Gasteiger partial charge in [-0.3, -0.25) is 0 Å². The van der Waals surface area contributed by atoms with Gasteiger partial charge in [-0.15, -0.1) is 11.3 Å². The molecule has 0 radical (unpaired) electrons. The predicted octanol–water partition coefficient (Wildman–Crippen LogP) is 4.05. The van der Waals surface area contributed by atoms with Gasteiger partial charge in [0, 0.05) is 9.85 Å². The number of para-hydroxylation sites is 2. The van der Waals surface area contributed by atoms with Gasteiger partial charge in [-0.1, -0.05) is 12.1 Å². The maximum Gasteiger partial charge on any atom is 0.148 e. The van der Waals surface area contributed by atoms with Crippen LogP contribution < -0.4 is 0 Å². The Hall–Kier alpha value is -1.13. The zero-order valence-corrected chi connectivity index (χ0v) is 10.1. The normalized spacial score (nSPS) is 11.0. The van der Waals surface area contributed by atoms with E-state index in [1.54, 1.807) is 11.3 Å². The Bertz CT molecular complexity index is 579. The third-order valence-corrected chi connectivity index (χ3v) is 3.89. The summed E-state index contributed by atoms with van der Waals surface area (Å²) in [7, 11) is 0. The number of halogens is 1. The Morgan fingerprint density at radius 3 is 2.87 bits per heavy atom. The molecule has 0 aliphatic rings. The van der Waals surface area contributed by atoms with Crippen molar-refractivity contribution < 1.29 is 0 Å². The van der Waals surface area contributed by atoms with Crippen molar-refractivity contribution in [2.75, 3.05) is 0 Å². The summed E-state index contributed by atoms with van der Waals surface area (Å²) in [6.45, 7) is 0. The van der Waals surface area contributed by atoms with Gasteiger partial charge in [0.1, 0.15) is 5.82 Å². The molecule has 1 aromatic carbocycles. The molecule has 3 aromatic rings. The van der Waals surface area contributed by atoms with E-state index in [2.05, 4.69) is 37.3 Å². The van der Waals surface area contributed by atoms with Crippen molar-refractivity contribution in [3.8, 4) is 10.7 Å². The van der Waals surface area contributed by atoms with Gasteiger partial charge in [-0.25, -0.2) is 4.98 Å². The molecule has 4 heteroatoms. The van der Waals surface area contributed by atoms with Gasteiger partial charge in [0.25, 0.3) is 0 Å². The van der Waals surface area contributed by atoms with Crippen LogP contribution in [0.25, 0.3) is 21.7 Å². The average Bonchev–Trinajstić information content (AvgIpc) is 2.82. The lowest BCUT2D eigenvalue weighted by Crippen LogP contribution is -1.72. The standard InChI is InChI=1S/C11H7BrN2S/c12-7-5-10(15-6-7)11-13-8-3-1-2-4-9(8)14-11/h1-6H,(H,13,14). The van der Waals surface area contributed by atoms with E-state index < -0.39 is 0 Å². The highest BCUT2D eigenvalue weighted by molar-refractivity contribution is 9.10. The topological polar surface area (TPSA) is 28.7 Å². The molecule has 0 bridgehead atoms. The van der Waals surface area contributed by atoms with Crippen LogP contribution in [0.1, 0.15) is 0 Å². The minimum Gasteiger partial charge on any atom is -0.337 e. The van der Waals surface area contributed by atoms with Gasteiger partial charge >= 0.3 is 0 Å². The van der Waals surface area contributed by atoms with Crippen molar-refractivity contribution in [2.24, 2.45) is 0 Å². The van der Waals surface area contributed by atoms with E-state index in [4.69, 9.17) is 0 Å². The average molecular weight is 279 g/mol. The van der Waals surface area contributed by atoms with Crippen molar-refractivity contribution in [1.29, 1.82) is 0 Å². The fraction of sp³-hybridized carbons (Fsp3) is 0. The molecule has 1 N–H and O–H groups in total. The lowest BCUT2D eigenvalue weighted by molar-refractivity contribution is 1.36. The number of hydrogen-bond acceptors (Lipinski definition) is 2. The number of benzene rings is 1. The second-order valence-electron chi connectivity index (χ2n) is 3.23. The highest BCUT2D eigenvalue weighted by Crippen LogP contribution is 2.29. The van der Waals surface area contributed by atoms with Crippen molar-refractivity contribution in [3.63, 3.8) is 0 Å². The Labute approximate surface area is 99.1 Å². The molecule has 3 rings (SSSR count). The highest BCUT2D eigenvalue weighted by atomic mass is 79.9. The van der Waals surface area contributed by atoms with Crippen LogP contribution in [0.4, 0.5) is 0 Å². The highest BCUT2D eigenvalue weighted by Gasteiger charge is 2.06. The second-order valence-corrected chi connectivity index (χ2v) is 5.06. The summed E-state index contributed by atoms with van der Waals surface area (Å²) in [6, 6.07) is 10.1. The van der Waals surface area contributed by atoms with Gasteiger partial charge in [-0.2, -0.15) is 0 Å². The minimum atomic E-state index is 0.937. The number of imidazole rings is 1. The fourth-order valence-electron chi connectivity index (χ4n) is 1.51. The van der Waals surface area contributed by atoms with E-state index in [0.29, 0.717) is 0 Å². The van der Waals surface area contributed by atoms with Crippen LogP contribution in [0.15, 0.2) is 40.2 Å². The molecule has 0 amide bonds. The summed E-state index contributed by atoms with van der Waals surface area (Å²) >= 11 is 5.12. The Kier molecular flexibility index (Phi) is 2.11. The molecule has 2 heterocycles. The van der Waals surface area contributed by atoms with Crippen molar-refractivity contribution in [2.45, 2.75) is 0 Å². The molecule has 2 aromatic heterocycles. The van der Waals surface area contributed by atoms with Crippen LogP contribution in [0.2, 0.25) is 0 Å². The lowest BCUT2D eigenvalue weighted by atomic mass is 10.3. The summed E-state index contributed by atoms with van der Waals surface area (Å²) in [6.07, 6.45) is 0. The summed E-state index contributed by atoms with van der Waals surface area (Å²) < 4.78 is 1.10. The number of thiophene rings is 1. The number of rotatable bonds is 1. The summed E-state index contributed by atoms with van der Waals surface area (Å²) in [5.41, 5.74) is 2.09. The summed E-state index contributed by atoms with van der Waals surface area (Å²) in [4.78, 5) is 8.98. The molecule has 74 valence electrons. The van der Waals surface area contributed by atoms with Gasteiger partial charge in [-0.05, 0) is 34.1 Å². The monoisotopic (exact) mass is 278 g/mol. The molecular formula is C11H7BrN2S. The predicted molar refractivity (Wildman–Crippen MR) is 67.1 cm³/mol. The number of hydrogen-bond donors (Lipinski definition) is 1. The van der Waals surface area contributed by atoms with Gasteiger partial charge in [0.05, 0.1) is 15.9 Å².